The first-order chi connectivity index (χ1) is 8.92. The molecule has 90 valence electrons. The van der Waals surface area contributed by atoms with E-state index in [4.69, 9.17) is 0 Å². The standard InChI is InChI=1S/C17H17P/c1-2-3-10-15-18(16-11-6-4-7-12-16)17-13-8-5-9-14-17/h2-15H,1H3/b3-2-,15-10+. The van der Waals surface area contributed by atoms with Crippen LogP contribution < -0.4 is 10.6 Å². The van der Waals surface area contributed by atoms with Gasteiger partial charge in [-0.25, -0.2) is 0 Å². The van der Waals surface area contributed by atoms with Crippen LogP contribution in [-0.2, 0) is 0 Å². The van der Waals surface area contributed by atoms with E-state index in [0.29, 0.717) is 0 Å². The van der Waals surface area contributed by atoms with Gasteiger partial charge in [0, 0.05) is 0 Å². The summed E-state index contributed by atoms with van der Waals surface area (Å²) in [4.78, 5) is 0. The Bertz CT molecular complexity index is 472. The molecule has 0 amide bonds. The van der Waals surface area contributed by atoms with Crippen molar-refractivity contribution in [3.05, 3.63) is 84.7 Å². The van der Waals surface area contributed by atoms with E-state index in [0.717, 1.165) is 0 Å². The lowest BCUT2D eigenvalue weighted by Crippen LogP contribution is -2.09. The highest BCUT2D eigenvalue weighted by molar-refractivity contribution is 7.75. The van der Waals surface area contributed by atoms with Crippen LogP contribution in [0.4, 0.5) is 0 Å². The third-order valence-electron chi connectivity index (χ3n) is 2.61. The Kier molecular flexibility index (Phi) is 4.93. The van der Waals surface area contributed by atoms with E-state index in [2.05, 4.69) is 84.7 Å². The molecule has 0 N–H and O–H groups in total. The van der Waals surface area contributed by atoms with Gasteiger partial charge in [0.1, 0.15) is 0 Å². The topological polar surface area (TPSA) is 0 Å². The maximum absolute atomic E-state index is 2.31. The van der Waals surface area contributed by atoms with Crippen LogP contribution in [0.5, 0.6) is 0 Å². The van der Waals surface area contributed by atoms with Gasteiger partial charge in [-0.3, -0.25) is 0 Å². The van der Waals surface area contributed by atoms with E-state index in [9.17, 15) is 0 Å². The second kappa shape index (κ2) is 6.93. The van der Waals surface area contributed by atoms with E-state index < -0.39 is 7.92 Å². The zero-order chi connectivity index (χ0) is 12.6. The van der Waals surface area contributed by atoms with E-state index >= 15 is 0 Å². The van der Waals surface area contributed by atoms with E-state index in [1.165, 1.54) is 10.6 Å². The first-order valence-electron chi connectivity index (χ1n) is 6.10. The largest absolute Gasteiger partial charge is 0.0877 e. The molecule has 0 saturated carbocycles. The highest BCUT2D eigenvalue weighted by Crippen LogP contribution is 2.34. The van der Waals surface area contributed by atoms with E-state index in [-0.39, 0.29) is 0 Å². The van der Waals surface area contributed by atoms with Crippen LogP contribution in [0.1, 0.15) is 6.92 Å². The van der Waals surface area contributed by atoms with E-state index in [1.54, 1.807) is 0 Å². The Hall–Kier alpha value is -1.65. The van der Waals surface area contributed by atoms with Crippen molar-refractivity contribution >= 4 is 18.5 Å². The number of benzene rings is 2. The van der Waals surface area contributed by atoms with Gasteiger partial charge in [-0.2, -0.15) is 0 Å². The zero-order valence-electron chi connectivity index (χ0n) is 10.5. The third-order valence-corrected chi connectivity index (χ3v) is 4.79. The molecule has 0 radical (unpaired) electrons. The van der Waals surface area contributed by atoms with Crippen LogP contribution in [0, 0.1) is 0 Å². The van der Waals surface area contributed by atoms with Gasteiger partial charge in [0.25, 0.3) is 0 Å². The molecule has 0 saturated heterocycles. The van der Waals surface area contributed by atoms with Gasteiger partial charge in [-0.05, 0) is 25.5 Å². The number of hydrogen-bond acceptors (Lipinski definition) is 0. The Morgan fingerprint density at radius 1 is 0.722 bits per heavy atom. The van der Waals surface area contributed by atoms with Crippen LogP contribution in [-0.4, -0.2) is 0 Å². The molecule has 2 aromatic rings. The summed E-state index contributed by atoms with van der Waals surface area (Å²) in [6.07, 6.45) is 6.28. The van der Waals surface area contributed by atoms with Gasteiger partial charge in [0.15, 0.2) is 0 Å². The van der Waals surface area contributed by atoms with Crippen molar-refractivity contribution in [2.24, 2.45) is 0 Å². The quantitative estimate of drug-likeness (QED) is 0.565. The molecule has 0 aliphatic heterocycles. The fourth-order valence-corrected chi connectivity index (χ4v) is 3.65. The average Bonchev–Trinajstić information content (AvgIpc) is 2.46. The molecule has 0 bridgehead atoms. The van der Waals surface area contributed by atoms with E-state index in [1.807, 2.05) is 6.92 Å². The predicted molar refractivity (Wildman–Crippen MR) is 83.0 cm³/mol. The summed E-state index contributed by atoms with van der Waals surface area (Å²) in [5.41, 5.74) is 0. The molecule has 0 spiro atoms. The fraction of sp³-hybridized carbons (Fsp3) is 0.0588. The zero-order valence-corrected chi connectivity index (χ0v) is 11.4. The third kappa shape index (κ3) is 3.42. The minimum absolute atomic E-state index is 0.394. The summed E-state index contributed by atoms with van der Waals surface area (Å²) < 4.78 is 0. The summed E-state index contributed by atoms with van der Waals surface area (Å²) in [6, 6.07) is 21.4. The molecule has 0 aliphatic rings. The van der Waals surface area contributed by atoms with Crippen molar-refractivity contribution in [1.29, 1.82) is 0 Å². The fourth-order valence-electron chi connectivity index (χ4n) is 1.75. The summed E-state index contributed by atoms with van der Waals surface area (Å²) in [5, 5.41) is 2.78. The molecular weight excluding hydrogens is 235 g/mol. The number of allylic oxidation sites excluding steroid dienone is 3. The van der Waals surface area contributed by atoms with Crippen molar-refractivity contribution in [3.63, 3.8) is 0 Å². The van der Waals surface area contributed by atoms with Gasteiger partial charge in [-0.15, -0.1) is 0 Å². The second-order valence-corrected chi connectivity index (χ2v) is 5.98. The molecule has 1 heteroatoms. The van der Waals surface area contributed by atoms with Crippen molar-refractivity contribution in [2.45, 2.75) is 6.92 Å². The van der Waals surface area contributed by atoms with Crippen molar-refractivity contribution < 1.29 is 0 Å². The highest BCUT2D eigenvalue weighted by Gasteiger charge is 2.08. The summed E-state index contributed by atoms with van der Waals surface area (Å²) in [7, 11) is -0.394. The monoisotopic (exact) mass is 252 g/mol. The van der Waals surface area contributed by atoms with Crippen LogP contribution in [0.3, 0.4) is 0 Å². The Morgan fingerprint density at radius 3 is 1.67 bits per heavy atom. The summed E-state index contributed by atoms with van der Waals surface area (Å²) >= 11 is 0. The molecule has 0 atom stereocenters. The molecule has 0 aromatic heterocycles. The molecule has 2 aromatic carbocycles. The first-order valence-corrected chi connectivity index (χ1v) is 7.51. The maximum atomic E-state index is 2.31. The minimum Gasteiger partial charge on any atom is -0.0877 e. The van der Waals surface area contributed by atoms with Crippen molar-refractivity contribution in [3.8, 4) is 0 Å². The van der Waals surface area contributed by atoms with Gasteiger partial charge in [-0.1, -0.05) is 84.7 Å². The smallest absolute Gasteiger partial charge is 0.0157 e. The lowest BCUT2D eigenvalue weighted by atomic mass is 10.4. The van der Waals surface area contributed by atoms with Crippen molar-refractivity contribution in [2.75, 3.05) is 0 Å². The van der Waals surface area contributed by atoms with Crippen LogP contribution in [0.25, 0.3) is 0 Å². The molecular formula is C17H17P. The SMILES string of the molecule is C/C=C\C=C\P(c1ccccc1)c1ccccc1. The second-order valence-electron chi connectivity index (χ2n) is 3.91. The van der Waals surface area contributed by atoms with Gasteiger partial charge >= 0.3 is 0 Å². The number of rotatable bonds is 4. The van der Waals surface area contributed by atoms with Crippen LogP contribution in [0.15, 0.2) is 84.7 Å². The molecule has 18 heavy (non-hydrogen) atoms. The maximum Gasteiger partial charge on any atom is -0.0157 e. The molecule has 2 rings (SSSR count). The van der Waals surface area contributed by atoms with Gasteiger partial charge in [0.2, 0.25) is 0 Å². The molecule has 0 unspecified atom stereocenters. The Labute approximate surface area is 110 Å². The van der Waals surface area contributed by atoms with Gasteiger partial charge < -0.3 is 0 Å². The molecule has 0 fully saturated rings. The molecule has 0 heterocycles. The van der Waals surface area contributed by atoms with Gasteiger partial charge in [0.05, 0.1) is 0 Å². The van der Waals surface area contributed by atoms with Crippen LogP contribution >= 0.6 is 7.92 Å². The normalized spacial score (nSPS) is 11.7. The molecule has 0 nitrogen and oxygen atoms in total. The molecule has 0 aliphatic carbocycles. The average molecular weight is 252 g/mol. The number of hydrogen-bond donors (Lipinski definition) is 0. The predicted octanol–water partition coefficient (Wildman–Crippen LogP) is 4.21. The lowest BCUT2D eigenvalue weighted by molar-refractivity contribution is 1.73. The van der Waals surface area contributed by atoms with Crippen molar-refractivity contribution in [1.82, 2.24) is 0 Å². The minimum atomic E-state index is -0.394. The summed E-state index contributed by atoms with van der Waals surface area (Å²) in [6.45, 7) is 2.04. The Morgan fingerprint density at radius 2 is 1.22 bits per heavy atom. The first kappa shape index (κ1) is 12.8. The van der Waals surface area contributed by atoms with Crippen LogP contribution in [0.2, 0.25) is 0 Å². The lowest BCUT2D eigenvalue weighted by Gasteiger charge is -2.13. The Balaban J connectivity index is 2.35. The highest BCUT2D eigenvalue weighted by atomic mass is 31.1. The summed E-state index contributed by atoms with van der Waals surface area (Å²) in [5.74, 6) is 2.31.